The highest BCUT2D eigenvalue weighted by atomic mass is 31.2. The number of aliphatic hydroxyl groups is 1. The van der Waals surface area contributed by atoms with Crippen LogP contribution in [0, 0.1) is 0 Å². The normalized spacial score (nSPS) is 14.4. The van der Waals surface area contributed by atoms with Crippen molar-refractivity contribution >= 4 is 13.7 Å². The molecule has 3 unspecified atom stereocenters. The minimum absolute atomic E-state index is 0.0619. The van der Waals surface area contributed by atoms with Gasteiger partial charge in [0.25, 0.3) is 0 Å². The molecule has 0 aromatic carbocycles. The maximum absolute atomic E-state index is 12.9. The molecule has 0 radical (unpaired) electrons. The molecule has 0 bridgehead atoms. The molecule has 398 valence electrons. The molecule has 0 aliphatic heterocycles. The number of phosphoric acid groups is 1. The van der Waals surface area contributed by atoms with Crippen LogP contribution in [0.15, 0.2) is 60.8 Å². The molecule has 0 spiro atoms. The summed E-state index contributed by atoms with van der Waals surface area (Å²) >= 11 is 0. The number of aliphatic hydroxyl groups excluding tert-OH is 1. The first-order valence-electron chi connectivity index (χ1n) is 28.7. The molecule has 0 saturated heterocycles. The number of amides is 1. The zero-order valence-corrected chi connectivity index (χ0v) is 46.2. The van der Waals surface area contributed by atoms with Crippen LogP contribution < -0.4 is 5.32 Å². The molecule has 3 N–H and O–H groups in total. The highest BCUT2D eigenvalue weighted by Gasteiger charge is 2.27. The van der Waals surface area contributed by atoms with Gasteiger partial charge in [-0.25, -0.2) is 4.57 Å². The number of phosphoric ester groups is 1. The first-order chi connectivity index (χ1) is 33.0. The summed E-state index contributed by atoms with van der Waals surface area (Å²) in [5.74, 6) is -0.177. The predicted octanol–water partition coefficient (Wildman–Crippen LogP) is 17.3. The lowest BCUT2D eigenvalue weighted by atomic mass is 10.0. The summed E-state index contributed by atoms with van der Waals surface area (Å²) in [6.07, 6.45) is 67.9. The third-order valence-electron chi connectivity index (χ3n) is 12.7. The molecule has 0 heterocycles. The molecular formula is C59H112N2O6P+. The molecule has 68 heavy (non-hydrogen) atoms. The summed E-state index contributed by atoms with van der Waals surface area (Å²) in [4.78, 5) is 23.2. The van der Waals surface area contributed by atoms with Crippen molar-refractivity contribution in [3.63, 3.8) is 0 Å². The van der Waals surface area contributed by atoms with Gasteiger partial charge in [-0.3, -0.25) is 13.8 Å². The van der Waals surface area contributed by atoms with Crippen molar-refractivity contribution in [2.75, 3.05) is 40.9 Å². The van der Waals surface area contributed by atoms with Crippen LogP contribution in [0.4, 0.5) is 0 Å². The number of quaternary nitrogens is 1. The fourth-order valence-electron chi connectivity index (χ4n) is 8.27. The van der Waals surface area contributed by atoms with Crippen molar-refractivity contribution in [3.8, 4) is 0 Å². The summed E-state index contributed by atoms with van der Waals surface area (Å²) < 4.78 is 23.6. The van der Waals surface area contributed by atoms with Gasteiger partial charge < -0.3 is 19.8 Å². The number of likely N-dealkylation sites (N-methyl/N-ethyl adjacent to an activating group) is 1. The largest absolute Gasteiger partial charge is 0.472 e. The van der Waals surface area contributed by atoms with Crippen molar-refractivity contribution in [2.24, 2.45) is 0 Å². The van der Waals surface area contributed by atoms with E-state index in [0.717, 1.165) is 64.2 Å². The van der Waals surface area contributed by atoms with Gasteiger partial charge in [-0.05, 0) is 57.8 Å². The zero-order valence-electron chi connectivity index (χ0n) is 45.3. The Kier molecular flexibility index (Phi) is 48.8. The number of unbranched alkanes of at least 4 members (excludes halogenated alkanes) is 31. The van der Waals surface area contributed by atoms with E-state index in [9.17, 15) is 19.4 Å². The Bertz CT molecular complexity index is 1290. The number of hydrogen-bond donors (Lipinski definition) is 3. The highest BCUT2D eigenvalue weighted by molar-refractivity contribution is 7.47. The Hall–Kier alpha value is -1.80. The fourth-order valence-corrected chi connectivity index (χ4v) is 9.01. The zero-order chi connectivity index (χ0) is 49.9. The fraction of sp³-hybridized carbons (Fsp3) is 0.814. The quantitative estimate of drug-likeness (QED) is 0.0243. The minimum atomic E-state index is -4.33. The second-order valence-electron chi connectivity index (χ2n) is 20.6. The summed E-state index contributed by atoms with van der Waals surface area (Å²) in [5, 5.41) is 13.8. The number of nitrogens with zero attached hydrogens (tertiary/aromatic N) is 1. The van der Waals surface area contributed by atoms with Gasteiger partial charge in [0, 0.05) is 6.42 Å². The highest BCUT2D eigenvalue weighted by Crippen LogP contribution is 2.43. The van der Waals surface area contributed by atoms with E-state index in [1.807, 2.05) is 27.2 Å². The first kappa shape index (κ1) is 66.2. The van der Waals surface area contributed by atoms with Crippen LogP contribution in [-0.4, -0.2) is 73.4 Å². The van der Waals surface area contributed by atoms with Gasteiger partial charge in [-0.2, -0.15) is 0 Å². The second-order valence-corrected chi connectivity index (χ2v) is 22.1. The minimum Gasteiger partial charge on any atom is -0.387 e. The number of carbonyl (C=O) groups is 1. The van der Waals surface area contributed by atoms with Gasteiger partial charge in [0.15, 0.2) is 0 Å². The number of carbonyl (C=O) groups excluding carboxylic acids is 1. The average Bonchev–Trinajstić information content (AvgIpc) is 3.30. The number of rotatable bonds is 52. The predicted molar refractivity (Wildman–Crippen MR) is 295 cm³/mol. The molecule has 0 aromatic heterocycles. The summed E-state index contributed by atoms with van der Waals surface area (Å²) in [7, 11) is 1.58. The Balaban J connectivity index is 3.84. The van der Waals surface area contributed by atoms with Crippen LogP contribution in [0.5, 0.6) is 0 Å². The van der Waals surface area contributed by atoms with E-state index in [2.05, 4.69) is 67.8 Å². The van der Waals surface area contributed by atoms with E-state index >= 15 is 0 Å². The van der Waals surface area contributed by atoms with Crippen molar-refractivity contribution in [1.82, 2.24) is 5.32 Å². The van der Waals surface area contributed by atoms with E-state index < -0.39 is 20.0 Å². The molecule has 0 rings (SSSR count). The topological polar surface area (TPSA) is 105 Å². The van der Waals surface area contributed by atoms with E-state index in [1.165, 1.54) is 173 Å². The third-order valence-corrected chi connectivity index (χ3v) is 13.7. The van der Waals surface area contributed by atoms with Crippen LogP contribution in [0.25, 0.3) is 0 Å². The van der Waals surface area contributed by atoms with Crippen molar-refractivity contribution in [3.05, 3.63) is 60.8 Å². The molecule has 0 saturated carbocycles. The Morgan fingerprint density at radius 3 is 1.29 bits per heavy atom. The molecule has 0 aliphatic carbocycles. The lowest BCUT2D eigenvalue weighted by Crippen LogP contribution is -2.45. The maximum atomic E-state index is 12.9. The van der Waals surface area contributed by atoms with E-state index in [1.54, 1.807) is 6.08 Å². The number of nitrogens with one attached hydrogen (secondary N) is 1. The van der Waals surface area contributed by atoms with Crippen LogP contribution >= 0.6 is 7.82 Å². The summed E-state index contributed by atoms with van der Waals surface area (Å²) in [5.41, 5.74) is 0. The molecule has 3 atom stereocenters. The summed E-state index contributed by atoms with van der Waals surface area (Å²) in [6, 6.07) is -0.843. The second kappa shape index (κ2) is 50.2. The van der Waals surface area contributed by atoms with Gasteiger partial charge in [-0.15, -0.1) is 0 Å². The monoisotopic (exact) mass is 976 g/mol. The lowest BCUT2D eigenvalue weighted by Gasteiger charge is -2.25. The van der Waals surface area contributed by atoms with Crippen molar-refractivity contribution < 1.29 is 32.9 Å². The van der Waals surface area contributed by atoms with Gasteiger partial charge in [0.2, 0.25) is 5.91 Å². The van der Waals surface area contributed by atoms with Gasteiger partial charge >= 0.3 is 7.82 Å². The SMILES string of the molecule is CC/C=C\C/C=C\C/C=C\C/C=C\CCCCCCCCCCCCCCCCCCCCCCCCCCC(=O)NC(COP(=O)(O)OCC[N+](C)(C)C)C(O)/C=C/CCCCCCCCC. The van der Waals surface area contributed by atoms with E-state index in [4.69, 9.17) is 9.05 Å². The molecule has 0 fully saturated rings. The third kappa shape index (κ3) is 52.0. The molecule has 8 nitrogen and oxygen atoms in total. The van der Waals surface area contributed by atoms with Crippen molar-refractivity contribution in [2.45, 2.75) is 270 Å². The Morgan fingerprint density at radius 2 is 0.882 bits per heavy atom. The Morgan fingerprint density at radius 1 is 0.515 bits per heavy atom. The summed E-state index contributed by atoms with van der Waals surface area (Å²) in [6.45, 7) is 4.68. The molecule has 9 heteroatoms. The molecule has 1 amide bonds. The van der Waals surface area contributed by atoms with Gasteiger partial charge in [0.05, 0.1) is 39.9 Å². The van der Waals surface area contributed by atoms with Crippen LogP contribution in [0.2, 0.25) is 0 Å². The maximum Gasteiger partial charge on any atom is 0.472 e. The number of allylic oxidation sites excluding steroid dienone is 9. The lowest BCUT2D eigenvalue weighted by molar-refractivity contribution is -0.870. The first-order valence-corrected chi connectivity index (χ1v) is 30.2. The van der Waals surface area contributed by atoms with Crippen LogP contribution in [0.3, 0.4) is 0 Å². The van der Waals surface area contributed by atoms with E-state index in [0.29, 0.717) is 17.4 Å². The average molecular weight is 977 g/mol. The van der Waals surface area contributed by atoms with Crippen LogP contribution in [-0.2, 0) is 18.4 Å². The standard InChI is InChI=1S/C59H111N2O6P/c1-6-8-10-12-14-16-17-18-19-20-21-22-23-24-25-26-27-28-29-30-31-32-33-34-35-36-37-38-39-40-41-42-43-45-47-49-51-53-59(63)60-57(56-67-68(64,65)66-55-54-61(3,4)5)58(62)52-50-48-46-44-15-13-11-9-7-2/h8,10,14,16,18-19,21-22,50,52,57-58,62H,6-7,9,11-13,15,17,20,23-49,51,53-56H2,1-5H3,(H-,60,63,64,65)/p+1/b10-8-,16-14-,19-18-,22-21-,52-50+. The van der Waals surface area contributed by atoms with Crippen LogP contribution in [0.1, 0.15) is 258 Å². The van der Waals surface area contributed by atoms with Crippen molar-refractivity contribution in [1.29, 1.82) is 0 Å². The number of hydrogen-bond acceptors (Lipinski definition) is 5. The van der Waals surface area contributed by atoms with Gasteiger partial charge in [0.1, 0.15) is 13.2 Å². The Labute approximate surface area is 422 Å². The molecule has 0 aliphatic rings. The smallest absolute Gasteiger partial charge is 0.387 e. The van der Waals surface area contributed by atoms with E-state index in [-0.39, 0.29) is 19.1 Å². The molecule has 0 aromatic rings. The molecular weight excluding hydrogens is 864 g/mol. The van der Waals surface area contributed by atoms with Gasteiger partial charge in [-0.1, -0.05) is 254 Å².